The average molecular weight is 174 g/mol. The quantitative estimate of drug-likeness (QED) is 0.550. The van der Waals surface area contributed by atoms with Crippen molar-refractivity contribution in [3.8, 4) is 0 Å². The van der Waals surface area contributed by atoms with Gasteiger partial charge in [-0.1, -0.05) is 41.5 Å². The third-order valence-corrected chi connectivity index (χ3v) is 2.28. The third kappa shape index (κ3) is 3.39. The fourth-order valence-electron chi connectivity index (χ4n) is 2.01. The van der Waals surface area contributed by atoms with E-state index < -0.39 is 0 Å². The monoisotopic (exact) mass is 174 g/mol. The first-order valence-corrected chi connectivity index (χ1v) is 5.04. The second-order valence-electron chi connectivity index (χ2n) is 5.35. The first-order valence-electron chi connectivity index (χ1n) is 4.22. The van der Waals surface area contributed by atoms with Crippen LogP contribution in [0.4, 0.5) is 0 Å². The second-order valence-corrected chi connectivity index (χ2v) is 5.82. The Morgan fingerprint density at radius 3 is 1.18 bits per heavy atom. The van der Waals surface area contributed by atoms with Crippen molar-refractivity contribution in [3.63, 3.8) is 0 Å². The van der Waals surface area contributed by atoms with Crippen molar-refractivity contribution in [2.75, 3.05) is 0 Å². The van der Waals surface area contributed by atoms with Gasteiger partial charge < -0.3 is 4.43 Å². The van der Waals surface area contributed by atoms with Gasteiger partial charge in [0.2, 0.25) is 0 Å². The Kier molecular flexibility index (Phi) is 3.33. The smallest absolute Gasteiger partial charge is 0.146 e. The molecule has 0 spiro atoms. The van der Waals surface area contributed by atoms with Gasteiger partial charge in [0, 0.05) is 0 Å². The van der Waals surface area contributed by atoms with Gasteiger partial charge in [0.1, 0.15) is 10.5 Å². The first-order chi connectivity index (χ1) is 4.69. The van der Waals surface area contributed by atoms with Crippen molar-refractivity contribution < 1.29 is 4.43 Å². The fourth-order valence-corrected chi connectivity index (χ4v) is 3.42. The normalized spacial score (nSPS) is 14.5. The van der Waals surface area contributed by atoms with Gasteiger partial charge in [-0.15, -0.1) is 0 Å². The molecule has 11 heavy (non-hydrogen) atoms. The molecule has 0 aromatic carbocycles. The lowest BCUT2D eigenvalue weighted by atomic mass is 9.74. The summed E-state index contributed by atoms with van der Waals surface area (Å²) in [6.07, 6.45) is 0.377. The predicted octanol–water partition coefficient (Wildman–Crippen LogP) is 1.74. The van der Waals surface area contributed by atoms with Crippen LogP contribution >= 0.6 is 0 Å². The molecule has 2 heteroatoms. The number of rotatable bonds is 1. The zero-order valence-electron chi connectivity index (χ0n) is 8.99. The van der Waals surface area contributed by atoms with Crippen LogP contribution in [0.25, 0.3) is 0 Å². The SMILES string of the molecule is CC(C)(C)C(O[SiH3])C(C)(C)C. The highest BCUT2D eigenvalue weighted by Crippen LogP contribution is 2.35. The van der Waals surface area contributed by atoms with E-state index in [9.17, 15) is 0 Å². The Bertz CT molecular complexity index is 105. The third-order valence-electron chi connectivity index (χ3n) is 1.81. The summed E-state index contributed by atoms with van der Waals surface area (Å²) in [6, 6.07) is 0. The van der Waals surface area contributed by atoms with Gasteiger partial charge >= 0.3 is 0 Å². The van der Waals surface area contributed by atoms with E-state index in [1.807, 2.05) is 0 Å². The molecule has 0 unspecified atom stereocenters. The van der Waals surface area contributed by atoms with Crippen molar-refractivity contribution in [1.82, 2.24) is 0 Å². The largest absolute Gasteiger partial charge is 0.424 e. The van der Waals surface area contributed by atoms with Gasteiger partial charge in [-0.25, -0.2) is 0 Å². The maximum atomic E-state index is 5.62. The van der Waals surface area contributed by atoms with Crippen molar-refractivity contribution in [2.24, 2.45) is 10.8 Å². The summed E-state index contributed by atoms with van der Waals surface area (Å²) in [5.74, 6) is 0. The lowest BCUT2D eigenvalue weighted by Crippen LogP contribution is -2.39. The van der Waals surface area contributed by atoms with Crippen molar-refractivity contribution in [3.05, 3.63) is 0 Å². The van der Waals surface area contributed by atoms with Crippen molar-refractivity contribution >= 4 is 10.5 Å². The highest BCUT2D eigenvalue weighted by molar-refractivity contribution is 5.98. The van der Waals surface area contributed by atoms with Gasteiger partial charge in [-0.05, 0) is 10.8 Å². The van der Waals surface area contributed by atoms with Gasteiger partial charge in [0.15, 0.2) is 0 Å². The molecule has 0 bridgehead atoms. The van der Waals surface area contributed by atoms with E-state index in [1.54, 1.807) is 0 Å². The molecule has 0 rings (SSSR count). The van der Waals surface area contributed by atoms with Gasteiger partial charge in [0.25, 0.3) is 0 Å². The van der Waals surface area contributed by atoms with E-state index in [-0.39, 0.29) is 10.8 Å². The molecule has 0 aromatic heterocycles. The molecule has 0 saturated carbocycles. The summed E-state index contributed by atoms with van der Waals surface area (Å²) >= 11 is 0. The van der Waals surface area contributed by atoms with Crippen LogP contribution in [0, 0.1) is 10.8 Å². The minimum Gasteiger partial charge on any atom is -0.424 e. The Morgan fingerprint density at radius 2 is 1.18 bits per heavy atom. The Labute approximate surface area is 74.1 Å². The molecule has 0 N–H and O–H groups in total. The molecule has 68 valence electrons. The van der Waals surface area contributed by atoms with Crippen LogP contribution in [0.15, 0.2) is 0 Å². The summed E-state index contributed by atoms with van der Waals surface area (Å²) in [5.41, 5.74) is 0.528. The minimum atomic E-state index is 0.264. The zero-order valence-corrected chi connectivity index (χ0v) is 11.0. The van der Waals surface area contributed by atoms with Crippen LogP contribution in [0.5, 0.6) is 0 Å². The maximum Gasteiger partial charge on any atom is 0.146 e. The van der Waals surface area contributed by atoms with Crippen LogP contribution in [-0.2, 0) is 4.43 Å². The minimum absolute atomic E-state index is 0.264. The summed E-state index contributed by atoms with van der Waals surface area (Å²) in [6.45, 7) is 13.4. The Balaban J connectivity index is 4.43. The van der Waals surface area contributed by atoms with E-state index >= 15 is 0 Å². The van der Waals surface area contributed by atoms with E-state index in [0.717, 1.165) is 10.5 Å². The fraction of sp³-hybridized carbons (Fsp3) is 1.00. The van der Waals surface area contributed by atoms with E-state index in [4.69, 9.17) is 4.43 Å². The second kappa shape index (κ2) is 3.28. The van der Waals surface area contributed by atoms with Crippen LogP contribution in [0.1, 0.15) is 41.5 Å². The first kappa shape index (κ1) is 11.2. The van der Waals surface area contributed by atoms with Crippen molar-refractivity contribution in [2.45, 2.75) is 47.6 Å². The van der Waals surface area contributed by atoms with Crippen LogP contribution < -0.4 is 0 Å². The highest BCUT2D eigenvalue weighted by atomic mass is 28.2. The molecular weight excluding hydrogens is 152 g/mol. The molecule has 0 saturated heterocycles. The summed E-state index contributed by atoms with van der Waals surface area (Å²) < 4.78 is 5.62. The zero-order chi connectivity index (χ0) is 9.28. The van der Waals surface area contributed by atoms with Gasteiger partial charge in [0.05, 0.1) is 6.10 Å². The van der Waals surface area contributed by atoms with Crippen molar-refractivity contribution in [1.29, 1.82) is 0 Å². The average Bonchev–Trinajstić information content (AvgIpc) is 1.56. The van der Waals surface area contributed by atoms with E-state index in [0.29, 0.717) is 6.10 Å². The molecule has 1 nitrogen and oxygen atoms in total. The Hall–Kier alpha value is 0.177. The topological polar surface area (TPSA) is 9.23 Å². The summed E-state index contributed by atoms with van der Waals surface area (Å²) in [4.78, 5) is 0. The van der Waals surface area contributed by atoms with Crippen LogP contribution in [-0.4, -0.2) is 16.6 Å². The highest BCUT2D eigenvalue weighted by Gasteiger charge is 2.34. The lowest BCUT2D eigenvalue weighted by Gasteiger charge is -2.39. The molecule has 0 heterocycles. The molecule has 0 aliphatic carbocycles. The summed E-state index contributed by atoms with van der Waals surface area (Å²) in [7, 11) is 0.834. The number of hydrogen-bond donors (Lipinski definition) is 0. The van der Waals surface area contributed by atoms with Crippen LogP contribution in [0.3, 0.4) is 0 Å². The molecular formula is C9H22OSi. The molecule has 0 amide bonds. The molecule has 0 aliphatic heterocycles. The van der Waals surface area contributed by atoms with Gasteiger partial charge in [-0.2, -0.15) is 0 Å². The number of hydrogen-bond acceptors (Lipinski definition) is 1. The van der Waals surface area contributed by atoms with Crippen LogP contribution in [0.2, 0.25) is 0 Å². The standard InChI is InChI=1S/C9H22OSi/c1-8(2,3)7(10-11)9(4,5)6/h7H,1-6,11H3. The maximum absolute atomic E-state index is 5.62. The molecule has 0 radical (unpaired) electrons. The molecule has 0 atom stereocenters. The Morgan fingerprint density at radius 1 is 0.909 bits per heavy atom. The van der Waals surface area contributed by atoms with E-state index in [1.165, 1.54) is 0 Å². The predicted molar refractivity (Wildman–Crippen MR) is 53.7 cm³/mol. The van der Waals surface area contributed by atoms with Gasteiger partial charge in [-0.3, -0.25) is 0 Å². The van der Waals surface area contributed by atoms with E-state index in [2.05, 4.69) is 41.5 Å². The molecule has 0 aromatic rings. The summed E-state index contributed by atoms with van der Waals surface area (Å²) in [5, 5.41) is 0. The molecule has 0 aliphatic rings. The molecule has 0 fully saturated rings. The lowest BCUT2D eigenvalue weighted by molar-refractivity contribution is 0.00438.